The van der Waals surface area contributed by atoms with Crippen molar-refractivity contribution in [3.8, 4) is 16.9 Å². The van der Waals surface area contributed by atoms with Gasteiger partial charge in [-0.25, -0.2) is 4.68 Å². The van der Waals surface area contributed by atoms with Crippen molar-refractivity contribution < 1.29 is 9.90 Å². The van der Waals surface area contributed by atoms with E-state index < -0.39 is 5.97 Å². The zero-order valence-corrected chi connectivity index (χ0v) is 17.7. The van der Waals surface area contributed by atoms with Gasteiger partial charge in [-0.3, -0.25) is 9.78 Å². The summed E-state index contributed by atoms with van der Waals surface area (Å²) in [4.78, 5) is 15.4. The molecule has 2 atom stereocenters. The summed E-state index contributed by atoms with van der Waals surface area (Å²) in [5.41, 5.74) is 3.44. The Labute approximate surface area is 179 Å². The van der Waals surface area contributed by atoms with E-state index in [1.807, 2.05) is 22.9 Å². The molecule has 0 aliphatic heterocycles. The van der Waals surface area contributed by atoms with Gasteiger partial charge in [0.25, 0.3) is 0 Å². The Morgan fingerprint density at radius 1 is 1.24 bits per heavy atom. The highest BCUT2D eigenvalue weighted by atomic mass is 35.5. The summed E-state index contributed by atoms with van der Waals surface area (Å²) >= 11 is 12.4. The molecule has 1 unspecified atom stereocenters. The summed E-state index contributed by atoms with van der Waals surface area (Å²) in [6.07, 6.45) is 4.50. The van der Waals surface area contributed by atoms with Crippen LogP contribution in [-0.4, -0.2) is 25.8 Å². The third-order valence-corrected chi connectivity index (χ3v) is 6.83. The maximum Gasteiger partial charge on any atom is 0.303 e. The first-order chi connectivity index (χ1) is 13.8. The number of halogens is 2. The summed E-state index contributed by atoms with van der Waals surface area (Å²) < 4.78 is 1.90. The molecule has 1 saturated carbocycles. The van der Waals surface area contributed by atoms with Crippen LogP contribution in [-0.2, 0) is 4.79 Å². The van der Waals surface area contributed by atoms with Crippen molar-refractivity contribution in [3.63, 3.8) is 0 Å². The van der Waals surface area contributed by atoms with Gasteiger partial charge in [0.1, 0.15) is 0 Å². The zero-order chi connectivity index (χ0) is 20.8. The second kappa shape index (κ2) is 7.47. The standard InChI is InChI=1S/C22H21Cl2N3O2/c1-22(2)14(9-21(28)29)8-16(22)20-11-19(13-4-3-7-25-12-13)26-27(20)15-5-6-17(23)18(24)10-15/h3-7,10-12,14,16H,8-9H2,1-2H3,(H,28,29)/t14?,16-/m0/s1. The molecule has 0 amide bonds. The monoisotopic (exact) mass is 429 g/mol. The smallest absolute Gasteiger partial charge is 0.303 e. The Hall–Kier alpha value is -2.37. The van der Waals surface area contributed by atoms with E-state index in [-0.39, 0.29) is 23.7 Å². The normalized spacial score (nSPS) is 20.3. The third kappa shape index (κ3) is 3.65. The van der Waals surface area contributed by atoms with Crippen molar-refractivity contribution in [2.75, 3.05) is 0 Å². The van der Waals surface area contributed by atoms with Crippen LogP contribution in [0, 0.1) is 11.3 Å². The molecule has 2 aromatic heterocycles. The predicted octanol–water partition coefficient (Wildman–Crippen LogP) is 5.85. The molecule has 29 heavy (non-hydrogen) atoms. The number of hydrogen-bond donors (Lipinski definition) is 1. The largest absolute Gasteiger partial charge is 0.481 e. The van der Waals surface area contributed by atoms with Crippen LogP contribution in [0.5, 0.6) is 0 Å². The van der Waals surface area contributed by atoms with Gasteiger partial charge in [0.15, 0.2) is 0 Å². The molecule has 0 bridgehead atoms. The molecular weight excluding hydrogens is 409 g/mol. The number of benzene rings is 1. The fourth-order valence-electron chi connectivity index (χ4n) is 4.20. The minimum Gasteiger partial charge on any atom is -0.481 e. The summed E-state index contributed by atoms with van der Waals surface area (Å²) in [6.45, 7) is 4.26. The molecule has 150 valence electrons. The molecule has 0 radical (unpaired) electrons. The van der Waals surface area contributed by atoms with Crippen LogP contribution in [0.2, 0.25) is 10.0 Å². The van der Waals surface area contributed by atoms with Gasteiger partial charge in [-0.1, -0.05) is 37.0 Å². The zero-order valence-electron chi connectivity index (χ0n) is 16.1. The van der Waals surface area contributed by atoms with Crippen molar-refractivity contribution >= 4 is 29.2 Å². The molecule has 0 spiro atoms. The summed E-state index contributed by atoms with van der Waals surface area (Å²) in [6, 6.07) is 11.4. The van der Waals surface area contributed by atoms with Crippen molar-refractivity contribution in [2.45, 2.75) is 32.6 Å². The maximum absolute atomic E-state index is 11.2. The van der Waals surface area contributed by atoms with Gasteiger partial charge in [0, 0.05) is 36.0 Å². The molecular formula is C22H21Cl2N3O2. The van der Waals surface area contributed by atoms with Crippen LogP contribution in [0.4, 0.5) is 0 Å². The molecule has 1 aliphatic rings. The number of aliphatic carboxylic acids is 1. The molecule has 4 rings (SSSR count). The Morgan fingerprint density at radius 2 is 2.03 bits per heavy atom. The second-order valence-corrected chi connectivity index (χ2v) is 8.93. The van der Waals surface area contributed by atoms with Crippen LogP contribution in [0.25, 0.3) is 16.9 Å². The van der Waals surface area contributed by atoms with E-state index in [4.69, 9.17) is 28.3 Å². The average molecular weight is 430 g/mol. The van der Waals surface area contributed by atoms with E-state index in [9.17, 15) is 9.90 Å². The summed E-state index contributed by atoms with van der Waals surface area (Å²) in [7, 11) is 0. The number of rotatable bonds is 5. The van der Waals surface area contributed by atoms with Crippen LogP contribution >= 0.6 is 23.2 Å². The van der Waals surface area contributed by atoms with Crippen LogP contribution in [0.15, 0.2) is 48.8 Å². The first-order valence-corrected chi connectivity index (χ1v) is 10.2. The Morgan fingerprint density at radius 3 is 2.66 bits per heavy atom. The molecule has 1 aliphatic carbocycles. The minimum absolute atomic E-state index is 0.129. The SMILES string of the molecule is CC1(C)C(CC(=O)O)C[C@H]1c1cc(-c2cccnc2)nn1-c1ccc(Cl)c(Cl)c1. The summed E-state index contributed by atoms with van der Waals surface area (Å²) in [5.74, 6) is -0.446. The lowest BCUT2D eigenvalue weighted by atomic mass is 9.53. The highest BCUT2D eigenvalue weighted by molar-refractivity contribution is 6.42. The first-order valence-electron chi connectivity index (χ1n) is 9.45. The van der Waals surface area contributed by atoms with Gasteiger partial charge >= 0.3 is 5.97 Å². The molecule has 1 aromatic carbocycles. The molecule has 7 heteroatoms. The molecule has 1 fully saturated rings. The van der Waals surface area contributed by atoms with E-state index in [2.05, 4.69) is 24.9 Å². The minimum atomic E-state index is -0.754. The first kappa shape index (κ1) is 19.9. The lowest BCUT2D eigenvalue weighted by Crippen LogP contribution is -2.44. The van der Waals surface area contributed by atoms with Crippen molar-refractivity contribution in [1.29, 1.82) is 0 Å². The lowest BCUT2D eigenvalue weighted by Gasteiger charge is -2.52. The number of carbonyl (C=O) groups is 1. The van der Waals surface area contributed by atoms with Crippen LogP contribution in [0.1, 0.15) is 38.3 Å². The molecule has 2 heterocycles. The second-order valence-electron chi connectivity index (χ2n) is 8.11. The van der Waals surface area contributed by atoms with E-state index in [1.54, 1.807) is 24.5 Å². The Bertz CT molecular complexity index is 1060. The van der Waals surface area contributed by atoms with Gasteiger partial charge in [0.2, 0.25) is 0 Å². The number of nitrogens with zero attached hydrogens (tertiary/aromatic N) is 3. The Balaban J connectivity index is 1.79. The number of carboxylic acids is 1. The fraction of sp³-hybridized carbons (Fsp3) is 0.318. The number of pyridine rings is 1. The Kier molecular flexibility index (Phi) is 5.13. The summed E-state index contributed by atoms with van der Waals surface area (Å²) in [5, 5.41) is 15.0. The maximum atomic E-state index is 11.2. The van der Waals surface area contributed by atoms with Crippen LogP contribution < -0.4 is 0 Å². The van der Waals surface area contributed by atoms with Gasteiger partial charge < -0.3 is 5.11 Å². The van der Waals surface area contributed by atoms with E-state index >= 15 is 0 Å². The molecule has 0 saturated heterocycles. The van der Waals surface area contributed by atoms with Gasteiger partial charge in [-0.2, -0.15) is 5.10 Å². The van der Waals surface area contributed by atoms with E-state index in [0.717, 1.165) is 29.1 Å². The fourth-order valence-corrected chi connectivity index (χ4v) is 4.49. The number of aromatic nitrogens is 3. The van der Waals surface area contributed by atoms with E-state index in [1.165, 1.54) is 0 Å². The van der Waals surface area contributed by atoms with E-state index in [0.29, 0.717) is 10.0 Å². The topological polar surface area (TPSA) is 68.0 Å². The highest BCUT2D eigenvalue weighted by Gasteiger charge is 2.50. The lowest BCUT2D eigenvalue weighted by molar-refractivity contribution is -0.141. The van der Waals surface area contributed by atoms with Gasteiger partial charge in [-0.15, -0.1) is 0 Å². The molecule has 5 nitrogen and oxygen atoms in total. The van der Waals surface area contributed by atoms with Crippen LogP contribution in [0.3, 0.4) is 0 Å². The average Bonchev–Trinajstić information content (AvgIpc) is 3.12. The quantitative estimate of drug-likeness (QED) is 0.552. The predicted molar refractivity (Wildman–Crippen MR) is 114 cm³/mol. The van der Waals surface area contributed by atoms with Crippen molar-refractivity contribution in [2.24, 2.45) is 11.3 Å². The molecule has 3 aromatic rings. The highest BCUT2D eigenvalue weighted by Crippen LogP contribution is 2.58. The van der Waals surface area contributed by atoms with Crippen molar-refractivity contribution in [3.05, 3.63) is 64.5 Å². The van der Waals surface area contributed by atoms with Gasteiger partial charge in [-0.05, 0) is 54.2 Å². The van der Waals surface area contributed by atoms with Gasteiger partial charge in [0.05, 0.1) is 21.4 Å². The van der Waals surface area contributed by atoms with Crippen molar-refractivity contribution in [1.82, 2.24) is 14.8 Å². The number of hydrogen-bond acceptors (Lipinski definition) is 3. The number of carboxylic acid groups (broad SMARTS) is 1. The third-order valence-electron chi connectivity index (χ3n) is 6.09. The molecule has 1 N–H and O–H groups in total.